The average Bonchev–Trinajstić information content (AvgIpc) is 3.24. The summed E-state index contributed by atoms with van der Waals surface area (Å²) in [5.41, 5.74) is 6.85. The van der Waals surface area contributed by atoms with E-state index in [1.54, 1.807) is 12.1 Å². The third-order valence-electron chi connectivity index (χ3n) is 5.12. The van der Waals surface area contributed by atoms with Gasteiger partial charge < -0.3 is 4.40 Å². The van der Waals surface area contributed by atoms with Gasteiger partial charge in [-0.1, -0.05) is 60.7 Å². The molecule has 5 heteroatoms. The van der Waals surface area contributed by atoms with Gasteiger partial charge in [0.15, 0.2) is 0 Å². The van der Waals surface area contributed by atoms with Crippen molar-refractivity contribution in [2.45, 2.75) is 0 Å². The topological polar surface area (TPSA) is 60.4 Å². The molecule has 2 aromatic heterocycles. The van der Waals surface area contributed by atoms with Crippen molar-refractivity contribution in [3.63, 3.8) is 0 Å². The van der Waals surface area contributed by atoms with Crippen molar-refractivity contribution in [2.75, 3.05) is 0 Å². The molecule has 5 rings (SSSR count). The average molecular weight is 391 g/mol. The maximum Gasteiger partial charge on any atom is 0.269 e. The number of hydrogen-bond donors (Lipinski definition) is 0. The van der Waals surface area contributed by atoms with Crippen LogP contribution in [0.1, 0.15) is 0 Å². The SMILES string of the molecule is O=[N+]([O-])c1ccc(-c2cn3cc(-c4ccccc4)cc(-c4ccccc4)c3n2)cc1. The number of nitro benzene ring substituents is 1. The Morgan fingerprint density at radius 2 is 1.33 bits per heavy atom. The first-order chi connectivity index (χ1) is 14.7. The molecule has 0 bridgehead atoms. The molecule has 0 unspecified atom stereocenters. The molecule has 0 saturated heterocycles. The number of nitrogens with zero attached hydrogens (tertiary/aromatic N) is 3. The molecule has 0 aliphatic heterocycles. The van der Waals surface area contributed by atoms with E-state index in [0.29, 0.717) is 0 Å². The fraction of sp³-hybridized carbons (Fsp3) is 0. The molecule has 30 heavy (non-hydrogen) atoms. The Balaban J connectivity index is 1.70. The highest BCUT2D eigenvalue weighted by molar-refractivity contribution is 5.84. The van der Waals surface area contributed by atoms with Crippen LogP contribution in [0.3, 0.4) is 0 Å². The van der Waals surface area contributed by atoms with Gasteiger partial charge in [0, 0.05) is 35.7 Å². The van der Waals surface area contributed by atoms with Gasteiger partial charge in [0.1, 0.15) is 5.65 Å². The minimum atomic E-state index is -0.396. The number of aromatic nitrogens is 2. The Bertz CT molecular complexity index is 1340. The second-order valence-electron chi connectivity index (χ2n) is 7.04. The number of nitro groups is 1. The maximum atomic E-state index is 10.9. The lowest BCUT2D eigenvalue weighted by molar-refractivity contribution is -0.384. The van der Waals surface area contributed by atoms with Crippen molar-refractivity contribution in [1.29, 1.82) is 0 Å². The monoisotopic (exact) mass is 391 g/mol. The Hall–Kier alpha value is -4.25. The van der Waals surface area contributed by atoms with E-state index in [2.05, 4.69) is 36.5 Å². The van der Waals surface area contributed by atoms with Crippen LogP contribution in [0.4, 0.5) is 5.69 Å². The number of pyridine rings is 1. The van der Waals surface area contributed by atoms with E-state index < -0.39 is 4.92 Å². The van der Waals surface area contributed by atoms with Crippen molar-refractivity contribution >= 4 is 11.3 Å². The molecule has 0 saturated carbocycles. The summed E-state index contributed by atoms with van der Waals surface area (Å²) >= 11 is 0. The van der Waals surface area contributed by atoms with Gasteiger partial charge in [-0.25, -0.2) is 4.98 Å². The van der Waals surface area contributed by atoms with Gasteiger partial charge in [-0.15, -0.1) is 0 Å². The number of non-ortho nitro benzene ring substituents is 1. The summed E-state index contributed by atoms with van der Waals surface area (Å²) < 4.78 is 2.03. The van der Waals surface area contributed by atoms with Gasteiger partial charge in [0.2, 0.25) is 0 Å². The van der Waals surface area contributed by atoms with Crippen molar-refractivity contribution in [2.24, 2.45) is 0 Å². The van der Waals surface area contributed by atoms with E-state index in [4.69, 9.17) is 4.98 Å². The van der Waals surface area contributed by atoms with Crippen LogP contribution in [0.5, 0.6) is 0 Å². The van der Waals surface area contributed by atoms with E-state index in [1.807, 2.05) is 47.0 Å². The van der Waals surface area contributed by atoms with Crippen molar-refractivity contribution < 1.29 is 4.92 Å². The van der Waals surface area contributed by atoms with Crippen molar-refractivity contribution in [3.05, 3.63) is 114 Å². The predicted octanol–water partition coefficient (Wildman–Crippen LogP) is 6.24. The van der Waals surface area contributed by atoms with E-state index in [-0.39, 0.29) is 5.69 Å². The first-order valence-corrected chi connectivity index (χ1v) is 9.57. The molecule has 2 heterocycles. The zero-order chi connectivity index (χ0) is 20.5. The van der Waals surface area contributed by atoms with Crippen LogP contribution in [0.15, 0.2) is 103 Å². The molecule has 0 spiro atoms. The molecule has 0 amide bonds. The van der Waals surface area contributed by atoms with Gasteiger partial charge in [-0.2, -0.15) is 0 Å². The minimum absolute atomic E-state index is 0.0684. The standard InChI is InChI=1S/C25H17N3O2/c29-28(30)22-13-11-20(12-14-22)24-17-27-16-21(18-7-3-1-4-8-18)15-23(25(27)26-24)19-9-5-2-6-10-19/h1-17H. The highest BCUT2D eigenvalue weighted by atomic mass is 16.6. The van der Waals surface area contributed by atoms with Crippen LogP contribution in [0.25, 0.3) is 39.2 Å². The minimum Gasteiger partial charge on any atom is -0.305 e. The van der Waals surface area contributed by atoms with Crippen LogP contribution in [0.2, 0.25) is 0 Å². The summed E-state index contributed by atoms with van der Waals surface area (Å²) in [5.74, 6) is 0. The molecule has 0 fully saturated rings. The number of fused-ring (bicyclic) bond motifs is 1. The number of hydrogen-bond acceptors (Lipinski definition) is 3. The van der Waals surface area contributed by atoms with Crippen LogP contribution in [-0.4, -0.2) is 14.3 Å². The highest BCUT2D eigenvalue weighted by Gasteiger charge is 2.13. The summed E-state index contributed by atoms with van der Waals surface area (Å²) in [5, 5.41) is 10.9. The van der Waals surface area contributed by atoms with Crippen LogP contribution in [-0.2, 0) is 0 Å². The van der Waals surface area contributed by atoms with E-state index >= 15 is 0 Å². The lowest BCUT2D eigenvalue weighted by Crippen LogP contribution is -1.90. The fourth-order valence-electron chi connectivity index (χ4n) is 3.61. The molecule has 0 aliphatic rings. The molecule has 3 aromatic carbocycles. The smallest absolute Gasteiger partial charge is 0.269 e. The number of rotatable bonds is 4. The number of imidazole rings is 1. The van der Waals surface area contributed by atoms with Crippen LogP contribution < -0.4 is 0 Å². The normalized spacial score (nSPS) is 10.9. The van der Waals surface area contributed by atoms with E-state index in [9.17, 15) is 10.1 Å². The Labute approximate surface area is 173 Å². The molecule has 0 atom stereocenters. The third-order valence-corrected chi connectivity index (χ3v) is 5.12. The first kappa shape index (κ1) is 17.8. The Kier molecular flexibility index (Phi) is 4.33. The molecule has 0 radical (unpaired) electrons. The maximum absolute atomic E-state index is 10.9. The quantitative estimate of drug-likeness (QED) is 0.269. The molecule has 5 nitrogen and oxygen atoms in total. The van der Waals surface area contributed by atoms with Gasteiger partial charge in [-0.3, -0.25) is 10.1 Å². The zero-order valence-electron chi connectivity index (χ0n) is 16.0. The summed E-state index contributed by atoms with van der Waals surface area (Å²) in [6.45, 7) is 0. The summed E-state index contributed by atoms with van der Waals surface area (Å²) in [6, 6.07) is 29.0. The van der Waals surface area contributed by atoms with Gasteiger partial charge >= 0.3 is 0 Å². The predicted molar refractivity (Wildman–Crippen MR) is 118 cm³/mol. The molecule has 5 aromatic rings. The van der Waals surface area contributed by atoms with Crippen molar-refractivity contribution in [1.82, 2.24) is 9.38 Å². The van der Waals surface area contributed by atoms with Gasteiger partial charge in [-0.05, 0) is 34.9 Å². The van der Waals surface area contributed by atoms with E-state index in [0.717, 1.165) is 39.2 Å². The highest BCUT2D eigenvalue weighted by Crippen LogP contribution is 2.32. The number of benzene rings is 3. The van der Waals surface area contributed by atoms with Gasteiger partial charge in [0.25, 0.3) is 5.69 Å². The molecule has 144 valence electrons. The largest absolute Gasteiger partial charge is 0.305 e. The first-order valence-electron chi connectivity index (χ1n) is 9.57. The van der Waals surface area contributed by atoms with Gasteiger partial charge in [0.05, 0.1) is 10.6 Å². The second-order valence-corrected chi connectivity index (χ2v) is 7.04. The lowest BCUT2D eigenvalue weighted by Gasteiger charge is -2.09. The zero-order valence-corrected chi connectivity index (χ0v) is 16.0. The molecule has 0 aliphatic carbocycles. The molecule has 0 N–H and O–H groups in total. The molecular weight excluding hydrogens is 374 g/mol. The van der Waals surface area contributed by atoms with Crippen molar-refractivity contribution in [3.8, 4) is 33.5 Å². The fourth-order valence-corrected chi connectivity index (χ4v) is 3.61. The third kappa shape index (κ3) is 3.22. The van der Waals surface area contributed by atoms with Crippen LogP contribution >= 0.6 is 0 Å². The summed E-state index contributed by atoms with van der Waals surface area (Å²) in [6.07, 6.45) is 4.04. The summed E-state index contributed by atoms with van der Waals surface area (Å²) in [4.78, 5) is 15.4. The summed E-state index contributed by atoms with van der Waals surface area (Å²) in [7, 11) is 0. The second kappa shape index (κ2) is 7.29. The lowest BCUT2D eigenvalue weighted by atomic mass is 10.0. The Morgan fingerprint density at radius 1 is 0.700 bits per heavy atom. The van der Waals surface area contributed by atoms with E-state index in [1.165, 1.54) is 12.1 Å². The van der Waals surface area contributed by atoms with Crippen LogP contribution in [0, 0.1) is 10.1 Å². The molecular formula is C25H17N3O2. The Morgan fingerprint density at radius 3 is 1.97 bits per heavy atom.